The van der Waals surface area contributed by atoms with Gasteiger partial charge >= 0.3 is 39.0 Å². The second-order valence-corrected chi connectivity index (χ2v) is 9.16. The first-order valence-corrected chi connectivity index (χ1v) is 13.2. The van der Waals surface area contributed by atoms with Gasteiger partial charge in [0.05, 0.1) is 35.8 Å². The van der Waals surface area contributed by atoms with Crippen molar-refractivity contribution in [2.24, 2.45) is 0 Å². The van der Waals surface area contributed by atoms with Crippen LogP contribution in [0.15, 0.2) is 85.5 Å². The molecule has 0 fully saturated rings. The van der Waals surface area contributed by atoms with E-state index < -0.39 is 69.2 Å². The Kier molecular flexibility index (Phi) is 64.7. The van der Waals surface area contributed by atoms with Crippen LogP contribution in [0.3, 0.4) is 0 Å². The number of aromatic nitrogens is 2. The first kappa shape index (κ1) is 90.5. The van der Waals surface area contributed by atoms with Crippen LogP contribution in [0.1, 0.15) is 76.0 Å². The van der Waals surface area contributed by atoms with E-state index in [0.717, 1.165) is 49.5 Å². The monoisotopic (exact) mass is 982 g/mol. The van der Waals surface area contributed by atoms with Gasteiger partial charge in [0.1, 0.15) is 13.1 Å². The summed E-state index contributed by atoms with van der Waals surface area (Å²) in [6.07, 6.45) is 8.48. The van der Waals surface area contributed by atoms with Gasteiger partial charge in [0.2, 0.25) is 0 Å². The van der Waals surface area contributed by atoms with Gasteiger partial charge in [-0.3, -0.25) is 0 Å². The minimum atomic E-state index is -1.68. The minimum Gasteiger partial charge on any atom is -0.545 e. The number of carbonyl (C=O) groups is 6. The molecule has 0 unspecified atom stereocenters. The molecule has 34 N–H and O–H groups in total. The third-order valence-corrected chi connectivity index (χ3v) is 6.13. The average Bonchev–Trinajstić information content (AvgIpc) is 3.04. The maximum absolute atomic E-state index is 10.4. The SMILES string of the molecule is CC[n+]1ccc(-c2cc[n+](CC)cc2)cc1.O.O.O=C([O-])c1cc(C(=O)[O-])cc(C(=O)[O-])c1.O=C([O-])c1cc(C(=O)[O-])cc(C(=O)[O-])c1.[OH3+].[OH3+].[OH3+].[OH3+].[OH3+].[OH3+].[OH3+].[OH3+].[OH3+].[OH3+].[Zn+2].[Zn+2]. The summed E-state index contributed by atoms with van der Waals surface area (Å²) >= 11 is 0. The fraction of sp³-hybridized carbons (Fsp3) is 0.125. The summed E-state index contributed by atoms with van der Waals surface area (Å²) in [6.45, 7) is 6.33. The molecule has 0 atom stereocenters. The summed E-state index contributed by atoms with van der Waals surface area (Å²) in [5.74, 6) is -10.1. The Morgan fingerprint density at radius 3 is 0.600 bits per heavy atom. The molecule has 0 aliphatic rings. The fourth-order valence-electron chi connectivity index (χ4n) is 3.68. The van der Waals surface area contributed by atoms with Crippen molar-refractivity contribution in [3.05, 3.63) is 119 Å². The minimum absolute atomic E-state index is 0. The Bertz CT molecular complexity index is 1510. The summed E-state index contributed by atoms with van der Waals surface area (Å²) in [7, 11) is 0. The van der Waals surface area contributed by atoms with Crippen LogP contribution in [0.5, 0.6) is 0 Å². The van der Waals surface area contributed by atoms with E-state index in [9.17, 15) is 59.4 Å². The Morgan fingerprint density at radius 2 is 0.500 bits per heavy atom. The van der Waals surface area contributed by atoms with Crippen molar-refractivity contribution in [2.45, 2.75) is 26.9 Å². The smallest absolute Gasteiger partial charge is 0.545 e. The Balaban J connectivity index is -0.0000000450. The molecule has 60 heavy (non-hydrogen) atoms. The molecule has 2 heterocycles. The van der Waals surface area contributed by atoms with E-state index in [4.69, 9.17) is 0 Å². The average molecular weight is 986 g/mol. The van der Waals surface area contributed by atoms with E-state index in [0.29, 0.717) is 0 Å². The van der Waals surface area contributed by atoms with Gasteiger partial charge in [-0.1, -0.05) is 0 Å². The number of hydrogen-bond acceptors (Lipinski definition) is 12. The van der Waals surface area contributed by atoms with E-state index in [1.807, 2.05) is 0 Å². The molecule has 0 saturated carbocycles. The fourth-order valence-corrected chi connectivity index (χ4v) is 3.68. The first-order chi connectivity index (χ1) is 21.7. The number of benzene rings is 2. The van der Waals surface area contributed by atoms with E-state index in [1.54, 1.807) is 0 Å². The van der Waals surface area contributed by atoms with Crippen LogP contribution in [0, 0.1) is 0 Å². The Labute approximate surface area is 364 Å². The molecule has 0 aliphatic heterocycles. The van der Waals surface area contributed by atoms with Gasteiger partial charge < -0.3 is 125 Å². The number of rotatable bonds is 9. The van der Waals surface area contributed by atoms with Gasteiger partial charge in [0.25, 0.3) is 0 Å². The van der Waals surface area contributed by atoms with Gasteiger partial charge in [-0.15, -0.1) is 0 Å². The molecule has 0 saturated heterocycles. The van der Waals surface area contributed by atoms with E-state index in [1.165, 1.54) is 11.1 Å². The van der Waals surface area contributed by atoms with Gasteiger partial charge in [-0.25, -0.2) is 9.13 Å². The van der Waals surface area contributed by atoms with Crippen LogP contribution in [0.4, 0.5) is 0 Å². The maximum atomic E-state index is 10.4. The molecule has 4 rings (SSSR count). The number of carboxylic acid groups (broad SMARTS) is 6. The summed E-state index contributed by atoms with van der Waals surface area (Å²) in [5.41, 5.74) is -0.814. The predicted octanol–water partition coefficient (Wildman–Crippen LogP) is -15.4. The molecule has 2 aromatic carbocycles. The second kappa shape index (κ2) is 42.9. The normalized spacial score (nSPS) is 7.57. The zero-order valence-electron chi connectivity index (χ0n) is 32.5. The molecule has 2 aromatic heterocycles. The molecule has 28 heteroatoms. The molecule has 0 bridgehead atoms. The van der Waals surface area contributed by atoms with Crippen LogP contribution in [-0.2, 0) is 107 Å². The van der Waals surface area contributed by atoms with Crippen LogP contribution in [0.2, 0.25) is 0 Å². The summed E-state index contributed by atoms with van der Waals surface area (Å²) in [5, 5.41) is 62.5. The van der Waals surface area contributed by atoms with Crippen molar-refractivity contribution >= 4 is 35.8 Å². The zero-order valence-corrected chi connectivity index (χ0v) is 38.4. The number of pyridine rings is 2. The van der Waals surface area contributed by atoms with Gasteiger partial charge in [-0.05, 0) is 94.8 Å². The standard InChI is InChI=1S/C14H18N2.2C9H6O6.12H2O.2Zn/c1-3-15-9-5-13(6-10-15)14-7-11-16(4-2)12-8-14;2*10-7(11)4-1-5(8(12)13)3-6(2-4)9(14)15;;;;;;;;;;;;;;/h5-12H,3-4H2,1-2H3;2*1-3H,(H,10,11)(H,12,13)(H,14,15);12*1H2;;/q+2;;;;;;;;;;;;;;;2*+2/p+4. The predicted molar refractivity (Wildman–Crippen MR) is 198 cm³/mol. The largest absolute Gasteiger partial charge is 2.00 e. The molecule has 0 spiro atoms. The van der Waals surface area contributed by atoms with Crippen molar-refractivity contribution in [3.8, 4) is 11.1 Å². The van der Waals surface area contributed by atoms with Crippen LogP contribution < -0.4 is 39.8 Å². The van der Waals surface area contributed by atoms with Crippen LogP contribution >= 0.6 is 0 Å². The summed E-state index contributed by atoms with van der Waals surface area (Å²) in [4.78, 5) is 62.5. The van der Waals surface area contributed by atoms with Crippen LogP contribution in [-0.4, -0.2) is 46.8 Å². The molecule has 4 aromatic rings. The zero-order chi connectivity index (χ0) is 34.6. The number of carbonyl (C=O) groups excluding carboxylic acids is 6. The topological polar surface area (TPSA) is 642 Å². The summed E-state index contributed by atoms with van der Waals surface area (Å²) < 4.78 is 4.33. The third-order valence-electron chi connectivity index (χ3n) is 6.13. The van der Waals surface area contributed by atoms with Crippen LogP contribution in [0.25, 0.3) is 11.1 Å². The molecule has 0 amide bonds. The molecular weight excluding hydrogens is 927 g/mol. The number of aromatic carboxylic acids is 6. The molecule has 334 valence electrons. The van der Waals surface area contributed by atoms with E-state index >= 15 is 0 Å². The Hall–Kier alpha value is -5.67. The van der Waals surface area contributed by atoms with Crippen molar-refractivity contribution < 1.29 is 173 Å². The van der Waals surface area contributed by atoms with Gasteiger partial charge in [0.15, 0.2) is 24.8 Å². The van der Waals surface area contributed by atoms with E-state index in [-0.39, 0.29) is 105 Å². The first-order valence-electron chi connectivity index (χ1n) is 13.2. The van der Waals surface area contributed by atoms with Gasteiger partial charge in [0, 0.05) is 24.3 Å². The second-order valence-electron chi connectivity index (χ2n) is 9.16. The molecule has 26 nitrogen and oxygen atoms in total. The number of carboxylic acids is 6. The van der Waals surface area contributed by atoms with Crippen molar-refractivity contribution in [1.82, 2.24) is 0 Å². The number of hydrogen-bond donors (Lipinski definition) is 0. The third kappa shape index (κ3) is 27.9. The quantitative estimate of drug-likeness (QED) is 0.0858. The maximum Gasteiger partial charge on any atom is 2.00 e. The molecular formula is C32H58N2O24Zn2+10. The molecule has 0 radical (unpaired) electrons. The Morgan fingerprint density at radius 1 is 0.367 bits per heavy atom. The van der Waals surface area contributed by atoms with Gasteiger partial charge in [-0.2, -0.15) is 0 Å². The van der Waals surface area contributed by atoms with E-state index in [2.05, 4.69) is 72.0 Å². The summed E-state index contributed by atoms with van der Waals surface area (Å²) in [6, 6.07) is 13.1. The number of nitrogens with zero attached hydrogens (tertiary/aromatic N) is 2. The van der Waals surface area contributed by atoms with Crippen molar-refractivity contribution in [1.29, 1.82) is 0 Å². The van der Waals surface area contributed by atoms with Crippen molar-refractivity contribution in [2.75, 3.05) is 0 Å². The number of aryl methyl sites for hydroxylation is 2. The molecule has 0 aliphatic carbocycles. The van der Waals surface area contributed by atoms with Crippen molar-refractivity contribution in [3.63, 3.8) is 0 Å².